The van der Waals surface area contributed by atoms with E-state index in [-0.39, 0.29) is 23.8 Å². The summed E-state index contributed by atoms with van der Waals surface area (Å²) in [6.45, 7) is 2.37. The quantitative estimate of drug-likeness (QED) is 0.730. The van der Waals surface area contributed by atoms with Gasteiger partial charge in [0.15, 0.2) is 11.5 Å². The second-order valence-electron chi connectivity index (χ2n) is 7.71. The molecule has 3 unspecified atom stereocenters. The third kappa shape index (κ3) is 4.49. The minimum atomic E-state index is -4.74. The number of benzene rings is 2. The molecule has 31 heavy (non-hydrogen) atoms. The monoisotopic (exact) mass is 435 g/mol. The van der Waals surface area contributed by atoms with Crippen molar-refractivity contribution in [3.8, 4) is 17.2 Å². The molecule has 0 radical (unpaired) electrons. The molecule has 1 fully saturated rings. The summed E-state index contributed by atoms with van der Waals surface area (Å²) < 4.78 is 52.8. The van der Waals surface area contributed by atoms with E-state index < -0.39 is 6.36 Å². The van der Waals surface area contributed by atoms with Crippen LogP contribution < -0.4 is 14.2 Å². The van der Waals surface area contributed by atoms with Crippen molar-refractivity contribution >= 4 is 5.71 Å². The Morgan fingerprint density at radius 2 is 1.84 bits per heavy atom. The number of rotatable bonds is 5. The van der Waals surface area contributed by atoms with Gasteiger partial charge < -0.3 is 19.3 Å². The van der Waals surface area contributed by atoms with Crippen LogP contribution >= 0.6 is 0 Å². The highest BCUT2D eigenvalue weighted by molar-refractivity contribution is 6.15. The van der Waals surface area contributed by atoms with Crippen LogP contribution in [0.1, 0.15) is 48.8 Å². The lowest BCUT2D eigenvalue weighted by Gasteiger charge is -2.37. The average Bonchev–Trinajstić information content (AvgIpc) is 2.72. The van der Waals surface area contributed by atoms with Crippen LogP contribution in [0, 0.1) is 0 Å². The molecular formula is C23H24F3NO4. The van der Waals surface area contributed by atoms with Gasteiger partial charge in [-0.15, -0.1) is 13.2 Å². The zero-order valence-corrected chi connectivity index (χ0v) is 17.3. The number of fused-ring (bicyclic) bond motifs is 3. The standard InChI is InChI=1S/C23H24F3NO4/c1-3-30-21-11-16-17-10-14(28)6-9-19(17)27-22(18(16)12-20(21)29-2)13-4-7-15(8-5-13)31-23(24,25)26/h4-5,7-8,11-12,14,17,19,28H,3,6,9-10H2,1-2H3. The summed E-state index contributed by atoms with van der Waals surface area (Å²) >= 11 is 0. The van der Waals surface area contributed by atoms with Crippen molar-refractivity contribution in [2.75, 3.05) is 13.7 Å². The summed E-state index contributed by atoms with van der Waals surface area (Å²) in [6.07, 6.45) is -3.12. The van der Waals surface area contributed by atoms with Crippen molar-refractivity contribution in [1.29, 1.82) is 0 Å². The number of methoxy groups -OCH3 is 1. The summed E-state index contributed by atoms with van der Waals surface area (Å²) in [7, 11) is 1.56. The SMILES string of the molecule is CCOc1cc2c(cc1OC)C(c1ccc(OC(F)(F)F)cc1)=NC1CCC(O)CC21. The van der Waals surface area contributed by atoms with E-state index in [4.69, 9.17) is 14.5 Å². The van der Waals surface area contributed by atoms with Gasteiger partial charge in [0.25, 0.3) is 0 Å². The number of aliphatic imine (C=N–C) groups is 1. The lowest BCUT2D eigenvalue weighted by atomic mass is 9.74. The van der Waals surface area contributed by atoms with E-state index in [1.54, 1.807) is 19.2 Å². The first-order valence-corrected chi connectivity index (χ1v) is 10.3. The number of ether oxygens (including phenoxy) is 3. The molecule has 8 heteroatoms. The fourth-order valence-corrected chi connectivity index (χ4v) is 4.42. The van der Waals surface area contributed by atoms with Gasteiger partial charge in [-0.25, -0.2) is 0 Å². The molecule has 1 heterocycles. The summed E-state index contributed by atoms with van der Waals surface area (Å²) in [6, 6.07) is 9.51. The molecule has 2 aromatic carbocycles. The lowest BCUT2D eigenvalue weighted by molar-refractivity contribution is -0.274. The highest BCUT2D eigenvalue weighted by Gasteiger charge is 2.37. The molecule has 4 rings (SSSR count). The molecule has 1 saturated carbocycles. The second-order valence-corrected chi connectivity index (χ2v) is 7.71. The lowest BCUT2D eigenvalue weighted by Crippen LogP contribution is -2.34. The van der Waals surface area contributed by atoms with Crippen LogP contribution in [0.3, 0.4) is 0 Å². The van der Waals surface area contributed by atoms with Crippen molar-refractivity contribution in [3.63, 3.8) is 0 Å². The number of alkyl halides is 3. The third-order valence-electron chi connectivity index (χ3n) is 5.73. The van der Waals surface area contributed by atoms with Crippen LogP contribution in [0.2, 0.25) is 0 Å². The molecule has 3 atom stereocenters. The zero-order valence-electron chi connectivity index (χ0n) is 17.3. The minimum absolute atomic E-state index is 0.0140. The van der Waals surface area contributed by atoms with Crippen LogP contribution in [-0.4, -0.2) is 43.0 Å². The Morgan fingerprint density at radius 1 is 1.10 bits per heavy atom. The van der Waals surface area contributed by atoms with Crippen molar-refractivity contribution in [2.45, 2.75) is 50.6 Å². The van der Waals surface area contributed by atoms with Crippen LogP contribution in [0.5, 0.6) is 17.2 Å². The summed E-state index contributed by atoms with van der Waals surface area (Å²) in [5.74, 6) is 0.939. The molecule has 1 aliphatic heterocycles. The topological polar surface area (TPSA) is 60.3 Å². The molecule has 1 N–H and O–H groups in total. The predicted octanol–water partition coefficient (Wildman–Crippen LogP) is 4.84. The van der Waals surface area contributed by atoms with E-state index in [1.165, 1.54) is 12.1 Å². The van der Waals surface area contributed by atoms with E-state index in [1.807, 2.05) is 19.1 Å². The van der Waals surface area contributed by atoms with Gasteiger partial charge in [0, 0.05) is 17.0 Å². The Kier molecular flexibility index (Phi) is 5.83. The Hall–Kier alpha value is -2.74. The number of aliphatic hydroxyl groups excluding tert-OH is 1. The largest absolute Gasteiger partial charge is 0.573 e. The summed E-state index contributed by atoms with van der Waals surface area (Å²) in [5, 5.41) is 10.2. The van der Waals surface area contributed by atoms with Gasteiger partial charge in [-0.1, -0.05) is 0 Å². The molecule has 0 saturated heterocycles. The smallest absolute Gasteiger partial charge is 0.493 e. The van der Waals surface area contributed by atoms with Crippen molar-refractivity contribution in [2.24, 2.45) is 4.99 Å². The third-order valence-corrected chi connectivity index (χ3v) is 5.73. The maximum Gasteiger partial charge on any atom is 0.573 e. The van der Waals surface area contributed by atoms with Crippen LogP contribution in [-0.2, 0) is 0 Å². The van der Waals surface area contributed by atoms with Crippen molar-refractivity contribution in [3.05, 3.63) is 53.1 Å². The van der Waals surface area contributed by atoms with Gasteiger partial charge in [-0.2, -0.15) is 0 Å². The van der Waals surface area contributed by atoms with Crippen LogP contribution in [0.25, 0.3) is 0 Å². The zero-order chi connectivity index (χ0) is 22.2. The molecule has 0 bridgehead atoms. The van der Waals surface area contributed by atoms with E-state index >= 15 is 0 Å². The number of hydrogen-bond acceptors (Lipinski definition) is 5. The minimum Gasteiger partial charge on any atom is -0.493 e. The van der Waals surface area contributed by atoms with Gasteiger partial charge in [0.2, 0.25) is 0 Å². The van der Waals surface area contributed by atoms with Crippen LogP contribution in [0.15, 0.2) is 41.4 Å². The highest BCUT2D eigenvalue weighted by Crippen LogP contribution is 2.45. The Morgan fingerprint density at radius 3 is 2.48 bits per heavy atom. The Balaban J connectivity index is 1.78. The summed E-state index contributed by atoms with van der Waals surface area (Å²) in [5.41, 5.74) is 3.22. The molecular weight excluding hydrogens is 411 g/mol. The van der Waals surface area contributed by atoms with E-state index in [0.29, 0.717) is 42.2 Å². The first-order valence-electron chi connectivity index (χ1n) is 10.3. The normalized spacial score (nSPS) is 22.8. The van der Waals surface area contributed by atoms with Gasteiger partial charge >= 0.3 is 6.36 Å². The van der Waals surface area contributed by atoms with Gasteiger partial charge in [-0.05, 0) is 68.1 Å². The number of aliphatic hydroxyl groups is 1. The fourth-order valence-electron chi connectivity index (χ4n) is 4.42. The molecule has 1 aliphatic carbocycles. The predicted molar refractivity (Wildman–Crippen MR) is 109 cm³/mol. The Bertz CT molecular complexity index is 972. The molecule has 0 aromatic heterocycles. The van der Waals surface area contributed by atoms with Crippen molar-refractivity contribution in [1.82, 2.24) is 0 Å². The molecule has 2 aromatic rings. The first-order chi connectivity index (χ1) is 14.8. The number of nitrogens with zero attached hydrogens (tertiary/aromatic N) is 1. The summed E-state index contributed by atoms with van der Waals surface area (Å²) in [4.78, 5) is 4.95. The number of hydrogen-bond donors (Lipinski definition) is 1. The van der Waals surface area contributed by atoms with E-state index in [0.717, 1.165) is 17.5 Å². The van der Waals surface area contributed by atoms with Gasteiger partial charge in [0.1, 0.15) is 5.75 Å². The maximum absolute atomic E-state index is 12.5. The molecule has 0 amide bonds. The highest BCUT2D eigenvalue weighted by atomic mass is 19.4. The molecule has 5 nitrogen and oxygen atoms in total. The van der Waals surface area contributed by atoms with Crippen molar-refractivity contribution < 1.29 is 32.5 Å². The molecule has 2 aliphatic rings. The van der Waals surface area contributed by atoms with E-state index in [9.17, 15) is 18.3 Å². The molecule has 0 spiro atoms. The van der Waals surface area contributed by atoms with Crippen LogP contribution in [0.4, 0.5) is 13.2 Å². The van der Waals surface area contributed by atoms with E-state index in [2.05, 4.69) is 4.74 Å². The maximum atomic E-state index is 12.5. The van der Waals surface area contributed by atoms with Gasteiger partial charge in [-0.3, -0.25) is 4.99 Å². The molecule has 166 valence electrons. The van der Waals surface area contributed by atoms with Gasteiger partial charge in [0.05, 0.1) is 31.6 Å². The fraction of sp³-hybridized carbons (Fsp3) is 0.435. The number of halogens is 3. The first kappa shape index (κ1) is 21.5. The average molecular weight is 435 g/mol. The Labute approximate surface area is 178 Å². The second kappa shape index (κ2) is 8.42.